The van der Waals surface area contributed by atoms with E-state index in [0.29, 0.717) is 11.0 Å². The number of rotatable bonds is 4. The molecule has 1 fully saturated rings. The Kier molecular flexibility index (Phi) is 4.72. The number of nitrogen functional groups attached to an aromatic ring is 1. The number of piperidine rings is 1. The normalized spacial score (nSPS) is 15.2. The summed E-state index contributed by atoms with van der Waals surface area (Å²) >= 11 is 1.45. The molecule has 0 aliphatic carbocycles. The van der Waals surface area contributed by atoms with Crippen molar-refractivity contribution < 1.29 is 9.72 Å². The van der Waals surface area contributed by atoms with Crippen molar-refractivity contribution in [3.8, 4) is 0 Å². The van der Waals surface area contributed by atoms with Gasteiger partial charge in [-0.1, -0.05) is 0 Å². The first-order valence-corrected chi connectivity index (χ1v) is 8.38. The van der Waals surface area contributed by atoms with E-state index in [9.17, 15) is 14.9 Å². The van der Waals surface area contributed by atoms with Crippen LogP contribution in [0.4, 0.5) is 16.5 Å². The van der Waals surface area contributed by atoms with Crippen LogP contribution in [-0.2, 0) is 0 Å². The van der Waals surface area contributed by atoms with E-state index in [0.717, 1.165) is 30.8 Å². The van der Waals surface area contributed by atoms with Gasteiger partial charge >= 0.3 is 0 Å². The van der Waals surface area contributed by atoms with Gasteiger partial charge in [0, 0.05) is 22.7 Å². The molecule has 24 heavy (non-hydrogen) atoms. The van der Waals surface area contributed by atoms with Gasteiger partial charge < -0.3 is 11.1 Å². The van der Waals surface area contributed by atoms with E-state index in [1.165, 1.54) is 29.5 Å². The summed E-state index contributed by atoms with van der Waals surface area (Å²) in [5.74, 6) is 0.0244. The molecule has 1 aromatic heterocycles. The highest BCUT2D eigenvalue weighted by atomic mass is 32.1. The number of aromatic nitrogens is 1. The van der Waals surface area contributed by atoms with Crippen molar-refractivity contribution in [1.82, 2.24) is 10.3 Å². The van der Waals surface area contributed by atoms with Crippen LogP contribution in [0, 0.1) is 10.1 Å². The quantitative estimate of drug-likeness (QED) is 0.443. The predicted octanol–water partition coefficient (Wildman–Crippen LogP) is 2.35. The van der Waals surface area contributed by atoms with E-state index in [-0.39, 0.29) is 16.9 Å². The second-order valence-electron chi connectivity index (χ2n) is 5.58. The zero-order chi connectivity index (χ0) is 17.1. The van der Waals surface area contributed by atoms with Gasteiger partial charge in [0.05, 0.1) is 4.92 Å². The van der Waals surface area contributed by atoms with Crippen LogP contribution in [0.25, 0.3) is 0 Å². The Hall–Kier alpha value is -2.52. The molecule has 1 aliphatic rings. The summed E-state index contributed by atoms with van der Waals surface area (Å²) in [6.45, 7) is 1.97. The minimum absolute atomic E-state index is 0.0268. The number of benzene rings is 1. The number of anilines is 2. The lowest BCUT2D eigenvalue weighted by Gasteiger charge is -2.20. The van der Waals surface area contributed by atoms with E-state index >= 15 is 0 Å². The Labute approximate surface area is 142 Å². The molecule has 2 aromatic rings. The second-order valence-corrected chi connectivity index (χ2v) is 6.64. The summed E-state index contributed by atoms with van der Waals surface area (Å²) in [6.07, 6.45) is 3.90. The molecule has 1 aliphatic heterocycles. The maximum atomic E-state index is 12.3. The van der Waals surface area contributed by atoms with Gasteiger partial charge in [-0.3, -0.25) is 20.2 Å². The number of nitrogens with zero attached hydrogens (tertiary/aromatic N) is 2. The van der Waals surface area contributed by atoms with Gasteiger partial charge in [-0.15, -0.1) is 11.3 Å². The Morgan fingerprint density at radius 3 is 2.88 bits per heavy atom. The molecule has 9 heteroatoms. The molecule has 3 rings (SSSR count). The Morgan fingerprint density at radius 1 is 1.42 bits per heavy atom. The third kappa shape index (κ3) is 3.52. The van der Waals surface area contributed by atoms with E-state index < -0.39 is 10.8 Å². The van der Waals surface area contributed by atoms with E-state index in [1.807, 2.05) is 0 Å². The minimum Gasteiger partial charge on any atom is -0.393 e. The largest absolute Gasteiger partial charge is 0.393 e. The number of amides is 1. The summed E-state index contributed by atoms with van der Waals surface area (Å²) in [5.41, 5.74) is 5.46. The van der Waals surface area contributed by atoms with Gasteiger partial charge in [0.2, 0.25) is 0 Å². The number of carbonyl (C=O) groups is 1. The van der Waals surface area contributed by atoms with Crippen LogP contribution < -0.4 is 16.4 Å². The highest BCUT2D eigenvalue weighted by molar-refractivity contribution is 7.15. The molecule has 0 unspecified atom stereocenters. The molecule has 1 saturated heterocycles. The summed E-state index contributed by atoms with van der Waals surface area (Å²) in [6, 6.07) is 3.99. The smallest absolute Gasteiger partial charge is 0.292 e. The number of thiazole rings is 1. The molecule has 2 heterocycles. The van der Waals surface area contributed by atoms with Crippen LogP contribution in [0.5, 0.6) is 0 Å². The number of carbonyl (C=O) groups excluding carboxylic acids is 1. The van der Waals surface area contributed by atoms with Crippen molar-refractivity contribution in [3.63, 3.8) is 0 Å². The average molecular weight is 347 g/mol. The van der Waals surface area contributed by atoms with Crippen LogP contribution in [0.15, 0.2) is 24.4 Å². The molecule has 1 aromatic carbocycles. The Bertz CT molecular complexity index is 770. The van der Waals surface area contributed by atoms with Gasteiger partial charge in [-0.2, -0.15) is 0 Å². The maximum absolute atomic E-state index is 12.3. The van der Waals surface area contributed by atoms with Crippen LogP contribution >= 0.6 is 11.3 Å². The van der Waals surface area contributed by atoms with Crippen LogP contribution in [0.2, 0.25) is 0 Å². The third-order valence-electron chi connectivity index (χ3n) is 3.97. The third-order valence-corrected chi connectivity index (χ3v) is 5.05. The van der Waals surface area contributed by atoms with E-state index in [1.54, 1.807) is 6.20 Å². The highest BCUT2D eigenvalue weighted by Gasteiger charge is 2.20. The van der Waals surface area contributed by atoms with Gasteiger partial charge in [0.15, 0.2) is 5.13 Å². The number of nitro groups is 1. The van der Waals surface area contributed by atoms with Gasteiger partial charge in [0.1, 0.15) is 5.69 Å². The molecule has 126 valence electrons. The summed E-state index contributed by atoms with van der Waals surface area (Å²) in [5, 5.41) is 17.4. The Morgan fingerprint density at radius 2 is 2.17 bits per heavy atom. The zero-order valence-electron chi connectivity index (χ0n) is 12.8. The van der Waals surface area contributed by atoms with Gasteiger partial charge in [0.25, 0.3) is 11.6 Å². The number of nitro benzene ring substituents is 1. The van der Waals surface area contributed by atoms with Crippen molar-refractivity contribution in [1.29, 1.82) is 0 Å². The molecule has 4 N–H and O–H groups in total. The topological polar surface area (TPSA) is 123 Å². The molecule has 0 radical (unpaired) electrons. The van der Waals surface area contributed by atoms with E-state index in [4.69, 9.17) is 5.73 Å². The average Bonchev–Trinajstić information content (AvgIpc) is 3.04. The van der Waals surface area contributed by atoms with Crippen molar-refractivity contribution in [2.75, 3.05) is 24.1 Å². The second kappa shape index (κ2) is 6.93. The minimum atomic E-state index is -0.606. The molecular weight excluding hydrogens is 330 g/mol. The lowest BCUT2D eigenvalue weighted by molar-refractivity contribution is -0.383. The summed E-state index contributed by atoms with van der Waals surface area (Å²) < 4.78 is 0. The lowest BCUT2D eigenvalue weighted by atomic mass is 9.97. The molecule has 0 atom stereocenters. The summed E-state index contributed by atoms with van der Waals surface area (Å²) in [7, 11) is 0. The fourth-order valence-electron chi connectivity index (χ4n) is 2.65. The first-order valence-electron chi connectivity index (χ1n) is 7.56. The number of nitrogens with two attached hydrogens (primary N) is 1. The molecule has 8 nitrogen and oxygen atoms in total. The van der Waals surface area contributed by atoms with Crippen molar-refractivity contribution in [2.24, 2.45) is 0 Å². The Balaban J connectivity index is 1.72. The van der Waals surface area contributed by atoms with E-state index in [2.05, 4.69) is 15.6 Å². The molecule has 0 saturated carbocycles. The first kappa shape index (κ1) is 16.3. The van der Waals surface area contributed by atoms with Crippen LogP contribution in [0.1, 0.15) is 34.0 Å². The number of hydrogen-bond acceptors (Lipinski definition) is 7. The molecule has 0 spiro atoms. The standard InChI is InChI=1S/C15H17N5O3S/c16-11-2-1-10(7-12(11)20(22)23)14(21)19-15-18-8-13(24-15)9-3-5-17-6-4-9/h1-2,7-9,17H,3-6,16H2,(H,18,19,21). The fraction of sp³-hybridized carbons (Fsp3) is 0.333. The van der Waals surface area contributed by atoms with Crippen molar-refractivity contribution >= 4 is 33.8 Å². The molecule has 1 amide bonds. The molecular formula is C15H17N5O3S. The van der Waals surface area contributed by atoms with Crippen LogP contribution in [0.3, 0.4) is 0 Å². The zero-order valence-corrected chi connectivity index (χ0v) is 13.6. The maximum Gasteiger partial charge on any atom is 0.292 e. The predicted molar refractivity (Wildman–Crippen MR) is 92.4 cm³/mol. The first-order chi connectivity index (χ1) is 11.5. The van der Waals surface area contributed by atoms with Gasteiger partial charge in [-0.25, -0.2) is 4.98 Å². The lowest BCUT2D eigenvalue weighted by Crippen LogP contribution is -2.26. The van der Waals surface area contributed by atoms with Crippen molar-refractivity contribution in [2.45, 2.75) is 18.8 Å². The van der Waals surface area contributed by atoms with Crippen molar-refractivity contribution in [3.05, 3.63) is 45.0 Å². The number of nitrogens with one attached hydrogen (secondary N) is 2. The fourth-order valence-corrected chi connectivity index (χ4v) is 3.63. The van der Waals surface area contributed by atoms with Gasteiger partial charge in [-0.05, 0) is 44.0 Å². The SMILES string of the molecule is Nc1ccc(C(=O)Nc2ncc(C3CCNCC3)s2)cc1[N+](=O)[O-]. The monoisotopic (exact) mass is 347 g/mol. The number of hydrogen-bond donors (Lipinski definition) is 3. The molecule has 0 bridgehead atoms. The van der Waals surface area contributed by atoms with Crippen LogP contribution in [-0.4, -0.2) is 28.9 Å². The summed E-state index contributed by atoms with van der Waals surface area (Å²) in [4.78, 5) is 28.0. The highest BCUT2D eigenvalue weighted by Crippen LogP contribution is 2.32.